The van der Waals surface area contributed by atoms with Gasteiger partial charge in [0.25, 0.3) is 0 Å². The van der Waals surface area contributed by atoms with Gasteiger partial charge in [0, 0.05) is 24.2 Å². The van der Waals surface area contributed by atoms with Gasteiger partial charge in [-0.25, -0.2) is 0 Å². The molecular weight excluding hydrogens is 344 g/mol. The fraction of sp³-hybridized carbons (Fsp3) is 0.286. The highest BCUT2D eigenvalue weighted by molar-refractivity contribution is 6.08. The van der Waals surface area contributed by atoms with Crippen LogP contribution < -0.4 is 11.1 Å². The predicted molar refractivity (Wildman–Crippen MR) is 100 cm³/mol. The maximum atomic E-state index is 12.4. The molecule has 0 radical (unpaired) electrons. The number of benzene rings is 2. The first-order valence-corrected chi connectivity index (χ1v) is 8.94. The smallest absolute Gasteiger partial charge is 0.249 e. The average molecular weight is 366 g/mol. The Kier molecular flexibility index (Phi) is 5.98. The Morgan fingerprint density at radius 3 is 2.30 bits per heavy atom. The Morgan fingerprint density at radius 2 is 1.70 bits per heavy atom. The molecular formula is C21H22N2O4. The van der Waals surface area contributed by atoms with Crippen molar-refractivity contribution < 1.29 is 19.1 Å². The highest BCUT2D eigenvalue weighted by atomic mass is 16.5. The fourth-order valence-electron chi connectivity index (χ4n) is 3.06. The van der Waals surface area contributed by atoms with E-state index in [1.807, 2.05) is 18.2 Å². The van der Waals surface area contributed by atoms with Crippen LogP contribution in [0.5, 0.6) is 0 Å². The second kappa shape index (κ2) is 8.60. The first kappa shape index (κ1) is 18.8. The van der Waals surface area contributed by atoms with Crippen molar-refractivity contribution in [3.63, 3.8) is 0 Å². The normalized spacial score (nSPS) is 17.3. The van der Waals surface area contributed by atoms with Crippen molar-refractivity contribution in [1.82, 2.24) is 5.32 Å². The first-order valence-electron chi connectivity index (χ1n) is 8.94. The van der Waals surface area contributed by atoms with Crippen LogP contribution in [0.25, 0.3) is 0 Å². The molecule has 0 aliphatic carbocycles. The molecule has 1 aliphatic heterocycles. The van der Waals surface area contributed by atoms with Crippen LogP contribution in [0.1, 0.15) is 34.3 Å². The third-order valence-corrected chi connectivity index (χ3v) is 4.57. The highest BCUT2D eigenvalue weighted by Gasteiger charge is 2.27. The molecule has 0 aromatic heterocycles. The zero-order valence-electron chi connectivity index (χ0n) is 14.9. The molecule has 0 spiro atoms. The summed E-state index contributed by atoms with van der Waals surface area (Å²) in [6.07, 6.45) is 1.22. The largest absolute Gasteiger partial charge is 0.368 e. The number of ketones is 1. The minimum atomic E-state index is -0.822. The van der Waals surface area contributed by atoms with Crippen molar-refractivity contribution >= 4 is 17.6 Å². The molecule has 2 atom stereocenters. The number of nitrogens with one attached hydrogen (secondary N) is 1. The van der Waals surface area contributed by atoms with E-state index in [0.717, 1.165) is 12.0 Å². The third kappa shape index (κ3) is 4.80. The molecule has 2 aromatic rings. The van der Waals surface area contributed by atoms with E-state index >= 15 is 0 Å². The van der Waals surface area contributed by atoms with E-state index in [9.17, 15) is 14.4 Å². The van der Waals surface area contributed by atoms with Gasteiger partial charge in [0.2, 0.25) is 11.8 Å². The van der Waals surface area contributed by atoms with E-state index in [4.69, 9.17) is 10.5 Å². The number of carbonyl (C=O) groups excluding carboxylic acids is 3. The van der Waals surface area contributed by atoms with Gasteiger partial charge in [-0.05, 0) is 18.4 Å². The number of hydrogen-bond donors (Lipinski definition) is 2. The lowest BCUT2D eigenvalue weighted by Crippen LogP contribution is -2.49. The number of nitrogens with two attached hydrogens (primary N) is 1. The van der Waals surface area contributed by atoms with Gasteiger partial charge in [-0.15, -0.1) is 0 Å². The molecule has 140 valence electrons. The summed E-state index contributed by atoms with van der Waals surface area (Å²) in [5.74, 6) is -0.988. The van der Waals surface area contributed by atoms with Gasteiger partial charge in [0.15, 0.2) is 5.78 Å². The van der Waals surface area contributed by atoms with E-state index in [1.54, 1.807) is 36.4 Å². The molecule has 1 heterocycles. The van der Waals surface area contributed by atoms with Crippen molar-refractivity contribution in [1.29, 1.82) is 0 Å². The summed E-state index contributed by atoms with van der Waals surface area (Å²) in [4.78, 5) is 36.3. The second-order valence-corrected chi connectivity index (χ2v) is 6.56. The number of hydrogen-bond acceptors (Lipinski definition) is 4. The summed E-state index contributed by atoms with van der Waals surface area (Å²) in [5, 5.41) is 2.66. The molecule has 2 aromatic carbocycles. The Labute approximate surface area is 157 Å². The molecule has 1 aliphatic rings. The van der Waals surface area contributed by atoms with Gasteiger partial charge in [0.05, 0.1) is 0 Å². The van der Waals surface area contributed by atoms with Gasteiger partial charge >= 0.3 is 0 Å². The van der Waals surface area contributed by atoms with Crippen molar-refractivity contribution in [3.8, 4) is 0 Å². The monoisotopic (exact) mass is 366 g/mol. The van der Waals surface area contributed by atoms with E-state index in [0.29, 0.717) is 24.2 Å². The molecule has 1 fully saturated rings. The predicted octanol–water partition coefficient (Wildman–Crippen LogP) is 1.61. The van der Waals surface area contributed by atoms with Gasteiger partial charge in [-0.3, -0.25) is 14.4 Å². The molecule has 3 rings (SSSR count). The quantitative estimate of drug-likeness (QED) is 0.727. The van der Waals surface area contributed by atoms with Crippen molar-refractivity contribution in [2.45, 2.75) is 31.4 Å². The number of ether oxygens (including phenoxy) is 1. The van der Waals surface area contributed by atoms with E-state index in [1.165, 1.54) is 0 Å². The van der Waals surface area contributed by atoms with Gasteiger partial charge in [-0.2, -0.15) is 0 Å². The Morgan fingerprint density at radius 1 is 1.04 bits per heavy atom. The van der Waals surface area contributed by atoms with Gasteiger partial charge < -0.3 is 15.8 Å². The molecule has 3 N–H and O–H groups in total. The SMILES string of the molecule is NC(=O)[C@H](Cc1ccc(C(=O)c2ccccc2)cc1)NC(=O)[C@@H]1CCCO1. The van der Waals surface area contributed by atoms with E-state index in [-0.39, 0.29) is 18.1 Å². The summed E-state index contributed by atoms with van der Waals surface area (Å²) in [7, 11) is 0. The second-order valence-electron chi connectivity index (χ2n) is 6.56. The molecule has 27 heavy (non-hydrogen) atoms. The lowest BCUT2D eigenvalue weighted by molar-refractivity contribution is -0.133. The maximum Gasteiger partial charge on any atom is 0.249 e. The molecule has 6 nitrogen and oxygen atoms in total. The van der Waals surface area contributed by atoms with Crippen LogP contribution in [0, 0.1) is 0 Å². The van der Waals surface area contributed by atoms with Crippen LogP contribution >= 0.6 is 0 Å². The summed E-state index contributed by atoms with van der Waals surface area (Å²) < 4.78 is 5.33. The lowest BCUT2D eigenvalue weighted by Gasteiger charge is -2.18. The van der Waals surface area contributed by atoms with Crippen LogP contribution in [-0.2, 0) is 20.7 Å². The summed E-state index contributed by atoms with van der Waals surface area (Å²) in [6.45, 7) is 0.552. The van der Waals surface area contributed by atoms with Crippen LogP contribution in [-0.4, -0.2) is 36.4 Å². The molecule has 0 bridgehead atoms. The minimum Gasteiger partial charge on any atom is -0.368 e. The Hall–Kier alpha value is -2.99. The minimum absolute atomic E-state index is 0.0692. The Balaban J connectivity index is 1.65. The van der Waals surface area contributed by atoms with Crippen molar-refractivity contribution in [2.24, 2.45) is 5.73 Å². The van der Waals surface area contributed by atoms with E-state index in [2.05, 4.69) is 5.32 Å². The molecule has 0 saturated carbocycles. The van der Waals surface area contributed by atoms with E-state index < -0.39 is 18.1 Å². The number of primary amides is 1. The number of rotatable bonds is 7. The van der Waals surface area contributed by atoms with Crippen LogP contribution in [0.4, 0.5) is 0 Å². The topological polar surface area (TPSA) is 98.5 Å². The Bertz CT molecular complexity index is 812. The molecule has 6 heteroatoms. The van der Waals surface area contributed by atoms with Crippen LogP contribution in [0.15, 0.2) is 54.6 Å². The highest BCUT2D eigenvalue weighted by Crippen LogP contribution is 2.14. The number of carbonyl (C=O) groups is 3. The summed E-state index contributed by atoms with van der Waals surface area (Å²) >= 11 is 0. The zero-order valence-corrected chi connectivity index (χ0v) is 14.9. The lowest BCUT2D eigenvalue weighted by atomic mass is 9.99. The van der Waals surface area contributed by atoms with Crippen molar-refractivity contribution in [3.05, 3.63) is 71.3 Å². The molecule has 0 unspecified atom stereocenters. The molecule has 1 saturated heterocycles. The summed E-state index contributed by atoms with van der Waals surface area (Å²) in [6, 6.07) is 15.2. The van der Waals surface area contributed by atoms with Crippen LogP contribution in [0.2, 0.25) is 0 Å². The maximum absolute atomic E-state index is 12.4. The fourth-order valence-corrected chi connectivity index (χ4v) is 3.06. The van der Waals surface area contributed by atoms with Crippen molar-refractivity contribution in [2.75, 3.05) is 6.61 Å². The molecule has 2 amide bonds. The number of amides is 2. The van der Waals surface area contributed by atoms with Crippen LogP contribution in [0.3, 0.4) is 0 Å². The summed E-state index contributed by atoms with van der Waals surface area (Å²) in [5.41, 5.74) is 7.41. The standard InChI is InChI=1S/C21H22N2O4/c22-20(25)17(23-21(26)18-7-4-12-27-18)13-14-8-10-16(11-9-14)19(24)15-5-2-1-3-6-15/h1-3,5-6,8-11,17-18H,4,7,12-13H2,(H2,22,25)(H,23,26)/t17-,18-/m0/s1. The first-order chi connectivity index (χ1) is 13.0. The third-order valence-electron chi connectivity index (χ3n) is 4.57. The van der Waals surface area contributed by atoms with Gasteiger partial charge in [0.1, 0.15) is 12.1 Å². The van der Waals surface area contributed by atoms with Gasteiger partial charge in [-0.1, -0.05) is 54.6 Å². The average Bonchev–Trinajstić information content (AvgIpc) is 3.23. The zero-order chi connectivity index (χ0) is 19.2.